The van der Waals surface area contributed by atoms with Crippen LogP contribution in [-0.2, 0) is 46.8 Å². The molecule has 0 aromatic carbocycles. The first-order chi connectivity index (χ1) is 22.9. The number of aliphatic hydroxyl groups is 1. The number of nitrogens with one attached hydrogen (secondary N) is 2. The van der Waals surface area contributed by atoms with Crippen molar-refractivity contribution >= 4 is 56.4 Å². The number of nitrogens with zero attached hydrogens (tertiary/aromatic N) is 1. The number of carbonyl (C=O) groups excluding carboxylic acids is 4. The van der Waals surface area contributed by atoms with Gasteiger partial charge in [0.15, 0.2) is 0 Å². The summed E-state index contributed by atoms with van der Waals surface area (Å²) in [6.07, 6.45) is -1.16. The Morgan fingerprint density at radius 3 is 1.96 bits per heavy atom. The Bertz CT molecular complexity index is 1030. The molecule has 21 heteroatoms. The molecule has 288 valence electrons. The van der Waals surface area contributed by atoms with Crippen LogP contribution in [0, 0.1) is 0 Å². The van der Waals surface area contributed by atoms with Crippen LogP contribution in [0.3, 0.4) is 0 Å². The van der Waals surface area contributed by atoms with Crippen LogP contribution in [0.15, 0.2) is 0 Å². The average molecular weight is 752 g/mol. The first-order valence-corrected chi connectivity index (χ1v) is 17.4. The number of rotatable bonds is 21. The van der Waals surface area contributed by atoms with E-state index >= 15 is 0 Å². The van der Waals surface area contributed by atoms with Crippen molar-refractivity contribution in [1.29, 1.82) is 0 Å². The molecule has 1 aliphatic rings. The quantitative estimate of drug-likeness (QED) is 0.0292. The summed E-state index contributed by atoms with van der Waals surface area (Å²) in [6.45, 7) is 10.5. The molecule has 0 aromatic rings. The highest BCUT2D eigenvalue weighted by Gasteiger charge is 2.36. The molecule has 6 N–H and O–H groups in total. The number of amides is 4. The average Bonchev–Trinajstić information content (AvgIpc) is 3.26. The molecule has 4 amide bonds. The lowest BCUT2D eigenvalue weighted by atomic mass is 10.1. The Kier molecular flexibility index (Phi) is 30.7. The maximum absolute atomic E-state index is 11.9. The first-order valence-electron chi connectivity index (χ1n) is 15.5. The van der Waals surface area contributed by atoms with Gasteiger partial charge in [-0.25, -0.2) is 14.2 Å². The number of imide groups is 1. The molecule has 0 spiro atoms. The van der Waals surface area contributed by atoms with E-state index in [4.69, 9.17) is 39.0 Å². The van der Waals surface area contributed by atoms with Crippen LogP contribution in [0.4, 0.5) is 9.59 Å². The van der Waals surface area contributed by atoms with Crippen molar-refractivity contribution in [2.24, 2.45) is 0 Å². The molecule has 0 radical (unpaired) electrons. The van der Waals surface area contributed by atoms with Gasteiger partial charge in [-0.3, -0.25) is 37.6 Å². The fraction of sp³-hybridized carbons (Fsp3) is 0.786. The number of likely N-dealkylation sites (tertiary alicyclic amines) is 1. The van der Waals surface area contributed by atoms with E-state index in [2.05, 4.69) is 32.5 Å². The van der Waals surface area contributed by atoms with Crippen molar-refractivity contribution in [3.63, 3.8) is 0 Å². The van der Waals surface area contributed by atoms with Gasteiger partial charge in [0.1, 0.15) is 0 Å². The van der Waals surface area contributed by atoms with Crippen LogP contribution in [-0.4, -0.2) is 132 Å². The summed E-state index contributed by atoms with van der Waals surface area (Å²) in [5.74, 6) is -0.978. The fourth-order valence-electron chi connectivity index (χ4n) is 3.26. The number of ether oxygens (including phenoxy) is 2. The molecular formula is C28H54N3O16PS. The van der Waals surface area contributed by atoms with Crippen LogP contribution in [0.25, 0.3) is 0 Å². The van der Waals surface area contributed by atoms with Crippen LogP contribution in [0.2, 0.25) is 0 Å². The van der Waals surface area contributed by atoms with Gasteiger partial charge in [0.2, 0.25) is 23.6 Å². The SMILES string of the molecule is CC.CC(C)(CCO)OCCNC(=O)CCN1C(=O)CC(S)C1=O.CCCC(=O)NCCOP(=O)(OC)OCCCOC(=O)O.O=C(O)O. The summed E-state index contributed by atoms with van der Waals surface area (Å²) < 4.78 is 36.3. The van der Waals surface area contributed by atoms with E-state index in [1.54, 1.807) is 0 Å². The molecule has 1 aliphatic heterocycles. The van der Waals surface area contributed by atoms with Crippen molar-refractivity contribution in [2.45, 2.75) is 84.0 Å². The van der Waals surface area contributed by atoms with Crippen molar-refractivity contribution in [2.75, 3.05) is 59.8 Å². The maximum Gasteiger partial charge on any atom is 0.505 e. The third-order valence-electron chi connectivity index (χ3n) is 5.55. The fourth-order valence-corrected chi connectivity index (χ4v) is 4.51. The Labute approximate surface area is 292 Å². The minimum Gasteiger partial charge on any atom is -0.450 e. The molecule has 0 aliphatic carbocycles. The maximum atomic E-state index is 11.9. The zero-order valence-corrected chi connectivity index (χ0v) is 30.8. The Morgan fingerprint density at radius 2 is 1.49 bits per heavy atom. The highest BCUT2D eigenvalue weighted by atomic mass is 32.1. The van der Waals surface area contributed by atoms with Gasteiger partial charge in [0.25, 0.3) is 0 Å². The van der Waals surface area contributed by atoms with E-state index in [-0.39, 0.29) is 82.4 Å². The second-order valence-corrected chi connectivity index (χ2v) is 12.3. The van der Waals surface area contributed by atoms with E-state index in [1.165, 1.54) is 7.11 Å². The van der Waals surface area contributed by atoms with E-state index in [0.717, 1.165) is 11.3 Å². The normalized spacial score (nSPS) is 14.9. The van der Waals surface area contributed by atoms with Gasteiger partial charge in [-0.1, -0.05) is 20.8 Å². The third-order valence-corrected chi connectivity index (χ3v) is 7.40. The highest BCUT2D eigenvalue weighted by molar-refractivity contribution is 7.81. The van der Waals surface area contributed by atoms with Crippen LogP contribution >= 0.6 is 20.5 Å². The van der Waals surface area contributed by atoms with Crippen LogP contribution in [0.5, 0.6) is 0 Å². The summed E-state index contributed by atoms with van der Waals surface area (Å²) >= 11 is 4.02. The standard InChI is InChI=1S/C14H24N2O5S.C11H22NO8P.C2H6.CH2O3/c1-14(2,4-7-17)21-8-5-15-11(18)3-6-16-12(19)9-10(22)13(16)20;1-3-5-10(13)12-6-9-20-21(16,17-2)19-8-4-7-18-11(14)15;1-2;2-1(3)4/h10,17,22H,3-9H2,1-2H3,(H,15,18);3-9H2,1-2H3,(H,12,13)(H,14,15);1-2H3;(H2,2,3,4). The molecule has 1 heterocycles. The molecule has 19 nitrogen and oxygen atoms in total. The number of carboxylic acid groups (broad SMARTS) is 3. The van der Waals surface area contributed by atoms with Gasteiger partial charge in [-0.05, 0) is 26.7 Å². The summed E-state index contributed by atoms with van der Waals surface area (Å²) in [4.78, 5) is 65.7. The number of hydrogen-bond donors (Lipinski definition) is 7. The lowest BCUT2D eigenvalue weighted by Crippen LogP contribution is -2.37. The molecule has 1 rings (SSSR count). The van der Waals surface area contributed by atoms with Gasteiger partial charge < -0.3 is 40.5 Å². The smallest absolute Gasteiger partial charge is 0.450 e. The van der Waals surface area contributed by atoms with Crippen molar-refractivity contribution in [3.05, 3.63) is 0 Å². The predicted molar refractivity (Wildman–Crippen MR) is 179 cm³/mol. The summed E-state index contributed by atoms with van der Waals surface area (Å²) in [7, 11) is -2.52. The second-order valence-electron chi connectivity index (χ2n) is 9.93. The zero-order chi connectivity index (χ0) is 38.5. The predicted octanol–water partition coefficient (Wildman–Crippen LogP) is 2.75. The molecule has 2 atom stereocenters. The van der Waals surface area contributed by atoms with Crippen LogP contribution < -0.4 is 10.6 Å². The van der Waals surface area contributed by atoms with Gasteiger partial charge in [-0.2, -0.15) is 12.6 Å². The van der Waals surface area contributed by atoms with Crippen molar-refractivity contribution in [1.82, 2.24) is 15.5 Å². The Balaban J connectivity index is -0.000000744. The topological polar surface area (TPSA) is 274 Å². The minimum absolute atomic E-state index is 0.0216. The van der Waals surface area contributed by atoms with Crippen molar-refractivity contribution in [3.8, 4) is 0 Å². The molecule has 0 aromatic heterocycles. The minimum atomic E-state index is -3.69. The Hall–Kier alpha value is -3.00. The Morgan fingerprint density at radius 1 is 0.959 bits per heavy atom. The molecule has 1 fully saturated rings. The number of carbonyl (C=O) groups is 6. The second kappa shape index (κ2) is 29.9. The molecule has 0 bridgehead atoms. The largest absolute Gasteiger partial charge is 0.505 e. The first kappa shape index (κ1) is 50.4. The van der Waals surface area contributed by atoms with Gasteiger partial charge >= 0.3 is 20.1 Å². The summed E-state index contributed by atoms with van der Waals surface area (Å²) in [5, 5.41) is 35.7. The molecule has 0 saturated carbocycles. The number of aliphatic hydroxyl groups excluding tert-OH is 1. The summed E-state index contributed by atoms with van der Waals surface area (Å²) in [6, 6.07) is 0. The van der Waals surface area contributed by atoms with Gasteiger partial charge in [-0.15, -0.1) is 0 Å². The molecule has 49 heavy (non-hydrogen) atoms. The van der Waals surface area contributed by atoms with Gasteiger partial charge in [0, 0.05) is 59.0 Å². The highest BCUT2D eigenvalue weighted by Crippen LogP contribution is 2.48. The van der Waals surface area contributed by atoms with Crippen LogP contribution in [0.1, 0.15) is 73.1 Å². The number of phosphoric acid groups is 1. The number of thiol groups is 1. The van der Waals surface area contributed by atoms with Crippen molar-refractivity contribution < 1.29 is 76.8 Å². The zero-order valence-electron chi connectivity index (χ0n) is 29.0. The molecule has 1 saturated heterocycles. The molecule has 2 unspecified atom stereocenters. The lowest BCUT2D eigenvalue weighted by molar-refractivity contribution is -0.138. The van der Waals surface area contributed by atoms with E-state index < -0.39 is 31.0 Å². The number of phosphoric ester groups is 1. The van der Waals surface area contributed by atoms with E-state index in [0.29, 0.717) is 26.0 Å². The third kappa shape index (κ3) is 29.6. The van der Waals surface area contributed by atoms with Gasteiger partial charge in [0.05, 0.1) is 37.3 Å². The summed E-state index contributed by atoms with van der Waals surface area (Å²) in [5.41, 5.74) is -0.435. The molecular weight excluding hydrogens is 697 g/mol. The lowest BCUT2D eigenvalue weighted by Gasteiger charge is -2.24. The van der Waals surface area contributed by atoms with E-state index in [9.17, 15) is 28.5 Å². The number of hydrogen-bond acceptors (Lipinski definition) is 14. The monoisotopic (exact) mass is 751 g/mol. The van der Waals surface area contributed by atoms with E-state index in [1.807, 2.05) is 34.6 Å².